The Morgan fingerprint density at radius 2 is 1.94 bits per heavy atom. The topological polar surface area (TPSA) is 128 Å². The number of nitrogens with zero attached hydrogens (tertiary/aromatic N) is 4. The van der Waals surface area contributed by atoms with Crippen molar-refractivity contribution >= 4 is 11.4 Å². The van der Waals surface area contributed by atoms with E-state index < -0.39 is 15.5 Å². The van der Waals surface area contributed by atoms with E-state index in [9.17, 15) is 20.2 Å². The number of nitrogens with one attached hydrogen (secondary N) is 1. The van der Waals surface area contributed by atoms with Gasteiger partial charge in [-0.05, 0) is 6.07 Å². The molecule has 0 atom stereocenters. The Kier molecular flexibility index (Phi) is 2.49. The van der Waals surface area contributed by atoms with Gasteiger partial charge < -0.3 is 0 Å². The van der Waals surface area contributed by atoms with Crippen LogP contribution < -0.4 is 0 Å². The quantitative estimate of drug-likeness (QED) is 0.630. The van der Waals surface area contributed by atoms with Crippen LogP contribution in [0.5, 0.6) is 0 Å². The summed E-state index contributed by atoms with van der Waals surface area (Å²) >= 11 is 0. The van der Waals surface area contributed by atoms with Crippen molar-refractivity contribution < 1.29 is 9.85 Å². The van der Waals surface area contributed by atoms with Crippen LogP contribution in [0, 0.1) is 20.2 Å². The van der Waals surface area contributed by atoms with Gasteiger partial charge >= 0.3 is 0 Å². The molecule has 1 N–H and O–H groups in total. The molecule has 17 heavy (non-hydrogen) atoms. The van der Waals surface area contributed by atoms with Gasteiger partial charge in [-0.3, -0.25) is 25.3 Å². The molecule has 0 spiro atoms. The molecule has 1 aromatic carbocycles. The van der Waals surface area contributed by atoms with Crippen molar-refractivity contribution in [3.05, 3.63) is 44.8 Å². The predicted octanol–water partition coefficient (Wildman–Crippen LogP) is 1.29. The van der Waals surface area contributed by atoms with Crippen molar-refractivity contribution in [2.24, 2.45) is 0 Å². The fraction of sp³-hybridized carbons (Fsp3) is 0. The van der Waals surface area contributed by atoms with Crippen LogP contribution in [0.2, 0.25) is 0 Å². The molecule has 0 aliphatic carbocycles. The van der Waals surface area contributed by atoms with Gasteiger partial charge in [-0.1, -0.05) is 0 Å². The molecule has 9 nitrogen and oxygen atoms in total. The molecule has 0 unspecified atom stereocenters. The van der Waals surface area contributed by atoms with Gasteiger partial charge in [0.25, 0.3) is 11.4 Å². The van der Waals surface area contributed by atoms with Gasteiger partial charge in [0.15, 0.2) is 5.82 Å². The van der Waals surface area contributed by atoms with Gasteiger partial charge in [-0.25, -0.2) is 4.98 Å². The third-order valence-electron chi connectivity index (χ3n) is 2.06. The van der Waals surface area contributed by atoms with Crippen molar-refractivity contribution in [2.75, 3.05) is 0 Å². The second-order valence-corrected chi connectivity index (χ2v) is 3.05. The molecule has 1 aromatic heterocycles. The minimum absolute atomic E-state index is 0.151. The molecule has 2 aromatic rings. The lowest BCUT2D eigenvalue weighted by atomic mass is 10.1. The van der Waals surface area contributed by atoms with E-state index in [0.717, 1.165) is 6.07 Å². The number of hydrogen-bond acceptors (Lipinski definition) is 6. The predicted molar refractivity (Wildman–Crippen MR) is 55.1 cm³/mol. The standard InChI is InChI=1S/C8H5N5O4/c14-12(15)5-1-2-6(7(3-5)13(16)17)8-9-4-10-11-8/h1-4H,(H,9,10,11). The monoisotopic (exact) mass is 235 g/mol. The summed E-state index contributed by atoms with van der Waals surface area (Å²) in [6, 6.07) is 3.32. The molecule has 0 saturated carbocycles. The molecule has 0 fully saturated rings. The third kappa shape index (κ3) is 1.93. The number of aromatic nitrogens is 3. The zero-order valence-electron chi connectivity index (χ0n) is 8.23. The first kappa shape index (κ1) is 10.7. The van der Waals surface area contributed by atoms with Gasteiger partial charge in [0, 0.05) is 6.07 Å². The Labute approximate surface area is 93.4 Å². The van der Waals surface area contributed by atoms with Crippen molar-refractivity contribution in [1.29, 1.82) is 0 Å². The first-order valence-corrected chi connectivity index (χ1v) is 4.38. The number of non-ortho nitro benzene ring substituents is 1. The molecule has 0 bridgehead atoms. The summed E-state index contributed by atoms with van der Waals surface area (Å²) in [6.07, 6.45) is 1.19. The van der Waals surface area contributed by atoms with Gasteiger partial charge in [-0.15, -0.1) is 0 Å². The summed E-state index contributed by atoms with van der Waals surface area (Å²) in [5.41, 5.74) is -0.589. The number of nitro benzene ring substituents is 2. The highest BCUT2D eigenvalue weighted by molar-refractivity contribution is 5.70. The Hall–Kier alpha value is -2.84. The minimum Gasteiger partial charge on any atom is -0.259 e. The number of H-pyrrole nitrogens is 1. The normalized spacial score (nSPS) is 10.1. The van der Waals surface area contributed by atoms with Gasteiger partial charge in [0.1, 0.15) is 6.33 Å². The summed E-state index contributed by atoms with van der Waals surface area (Å²) in [7, 11) is 0. The second-order valence-electron chi connectivity index (χ2n) is 3.05. The number of rotatable bonds is 3. The highest BCUT2D eigenvalue weighted by Gasteiger charge is 2.21. The highest BCUT2D eigenvalue weighted by Crippen LogP contribution is 2.30. The third-order valence-corrected chi connectivity index (χ3v) is 2.06. The van der Waals surface area contributed by atoms with E-state index >= 15 is 0 Å². The summed E-state index contributed by atoms with van der Waals surface area (Å²) < 4.78 is 0. The Balaban J connectivity index is 2.61. The second kappa shape index (κ2) is 3.96. The van der Waals surface area contributed by atoms with Crippen molar-refractivity contribution in [2.45, 2.75) is 0 Å². The van der Waals surface area contributed by atoms with Crippen LogP contribution in [-0.2, 0) is 0 Å². The number of benzene rings is 1. The SMILES string of the molecule is O=[N+]([O-])c1ccc(-c2ncn[nH]2)c([N+](=O)[O-])c1. The van der Waals surface area contributed by atoms with E-state index in [-0.39, 0.29) is 17.1 Å². The van der Waals surface area contributed by atoms with E-state index in [1.54, 1.807) is 0 Å². The molecular formula is C8H5N5O4. The highest BCUT2D eigenvalue weighted by atomic mass is 16.6. The lowest BCUT2D eigenvalue weighted by Crippen LogP contribution is -1.96. The zero-order chi connectivity index (χ0) is 12.4. The van der Waals surface area contributed by atoms with Gasteiger partial charge in [-0.2, -0.15) is 5.10 Å². The van der Waals surface area contributed by atoms with Crippen molar-refractivity contribution in [1.82, 2.24) is 15.2 Å². The molecule has 0 aliphatic rings. The smallest absolute Gasteiger partial charge is 0.259 e. The summed E-state index contributed by atoms with van der Waals surface area (Å²) in [5.74, 6) is 0.187. The van der Waals surface area contributed by atoms with Crippen LogP contribution in [0.1, 0.15) is 0 Å². The largest absolute Gasteiger partial charge is 0.287 e. The van der Waals surface area contributed by atoms with Crippen LogP contribution in [0.3, 0.4) is 0 Å². The maximum Gasteiger partial charge on any atom is 0.287 e. The van der Waals surface area contributed by atoms with Crippen LogP contribution in [0.25, 0.3) is 11.4 Å². The average molecular weight is 235 g/mol. The van der Waals surface area contributed by atoms with E-state index in [4.69, 9.17) is 0 Å². The Bertz CT molecular complexity index is 580. The van der Waals surface area contributed by atoms with Crippen LogP contribution >= 0.6 is 0 Å². The molecule has 0 amide bonds. The number of nitro groups is 2. The lowest BCUT2D eigenvalue weighted by molar-refractivity contribution is -0.393. The zero-order valence-corrected chi connectivity index (χ0v) is 8.23. The summed E-state index contributed by atoms with van der Waals surface area (Å²) in [4.78, 5) is 23.7. The van der Waals surface area contributed by atoms with E-state index in [0.29, 0.717) is 0 Å². The fourth-order valence-corrected chi connectivity index (χ4v) is 1.32. The van der Waals surface area contributed by atoms with Gasteiger partial charge in [0.2, 0.25) is 0 Å². The Morgan fingerprint density at radius 3 is 2.47 bits per heavy atom. The molecular weight excluding hydrogens is 230 g/mol. The van der Waals surface area contributed by atoms with E-state index in [1.807, 2.05) is 0 Å². The first-order chi connectivity index (χ1) is 8.09. The van der Waals surface area contributed by atoms with Crippen LogP contribution in [0.4, 0.5) is 11.4 Å². The summed E-state index contributed by atoms with van der Waals surface area (Å²) in [6.45, 7) is 0. The molecule has 86 valence electrons. The molecule has 1 heterocycles. The van der Waals surface area contributed by atoms with Crippen LogP contribution in [0.15, 0.2) is 24.5 Å². The maximum atomic E-state index is 10.8. The van der Waals surface area contributed by atoms with Crippen molar-refractivity contribution in [3.63, 3.8) is 0 Å². The molecule has 9 heteroatoms. The maximum absolute atomic E-state index is 10.8. The molecule has 0 saturated heterocycles. The van der Waals surface area contributed by atoms with Gasteiger partial charge in [0.05, 0.1) is 21.5 Å². The average Bonchev–Trinajstić information content (AvgIpc) is 2.81. The van der Waals surface area contributed by atoms with E-state index in [2.05, 4.69) is 15.2 Å². The molecule has 0 radical (unpaired) electrons. The lowest BCUT2D eigenvalue weighted by Gasteiger charge is -1.98. The minimum atomic E-state index is -0.704. The van der Waals surface area contributed by atoms with E-state index in [1.165, 1.54) is 18.5 Å². The fourth-order valence-electron chi connectivity index (χ4n) is 1.32. The van der Waals surface area contributed by atoms with Crippen molar-refractivity contribution in [3.8, 4) is 11.4 Å². The Morgan fingerprint density at radius 1 is 1.18 bits per heavy atom. The number of hydrogen-bond donors (Lipinski definition) is 1. The summed E-state index contributed by atoms with van der Waals surface area (Å²) in [5, 5.41) is 27.4. The first-order valence-electron chi connectivity index (χ1n) is 4.38. The number of aromatic amines is 1. The molecule has 2 rings (SSSR count). The molecule has 0 aliphatic heterocycles. The van der Waals surface area contributed by atoms with Crippen LogP contribution in [-0.4, -0.2) is 25.0 Å².